The molecule has 1 aromatic heterocycles. The van der Waals surface area contributed by atoms with E-state index in [2.05, 4.69) is 41.4 Å². The van der Waals surface area contributed by atoms with Gasteiger partial charge in [-0.3, -0.25) is 4.72 Å². The van der Waals surface area contributed by atoms with Crippen molar-refractivity contribution in [2.24, 2.45) is 0 Å². The lowest BCUT2D eigenvalue weighted by Gasteiger charge is -2.23. The van der Waals surface area contributed by atoms with Gasteiger partial charge in [-0.15, -0.1) is 11.3 Å². The summed E-state index contributed by atoms with van der Waals surface area (Å²) in [5, 5.41) is 1.74. The Labute approximate surface area is 132 Å². The van der Waals surface area contributed by atoms with Crippen molar-refractivity contribution in [2.45, 2.75) is 30.4 Å². The van der Waals surface area contributed by atoms with Crippen LogP contribution in [0.25, 0.3) is 0 Å². The second kappa shape index (κ2) is 5.50. The SMILES string of the molecule is CC(C)(C)c1ccccc1NS(=O)(=O)c1sccc1Br. The zero-order valence-electron chi connectivity index (χ0n) is 11.5. The van der Waals surface area contributed by atoms with E-state index in [4.69, 9.17) is 0 Å². The van der Waals surface area contributed by atoms with Gasteiger partial charge in [-0.1, -0.05) is 39.0 Å². The van der Waals surface area contributed by atoms with Gasteiger partial charge in [0, 0.05) is 4.47 Å². The van der Waals surface area contributed by atoms with E-state index in [-0.39, 0.29) is 5.41 Å². The second-order valence-corrected chi connectivity index (χ2v) is 9.11. The molecule has 0 aliphatic heterocycles. The maximum Gasteiger partial charge on any atom is 0.272 e. The second-order valence-electron chi connectivity index (χ2n) is 5.46. The van der Waals surface area contributed by atoms with Crippen LogP contribution in [0, 0.1) is 0 Å². The van der Waals surface area contributed by atoms with Crippen LogP contribution in [0.1, 0.15) is 26.3 Å². The van der Waals surface area contributed by atoms with Crippen LogP contribution in [0.3, 0.4) is 0 Å². The van der Waals surface area contributed by atoms with Gasteiger partial charge in [0.15, 0.2) is 4.21 Å². The Kier molecular flexibility index (Phi) is 4.27. The quantitative estimate of drug-likeness (QED) is 0.853. The van der Waals surface area contributed by atoms with Crippen LogP contribution in [0.5, 0.6) is 0 Å². The molecule has 0 bridgehead atoms. The monoisotopic (exact) mass is 373 g/mol. The van der Waals surface area contributed by atoms with Gasteiger partial charge in [-0.2, -0.15) is 0 Å². The third-order valence-corrected chi connectivity index (χ3v) is 6.84. The highest BCUT2D eigenvalue weighted by atomic mass is 79.9. The minimum absolute atomic E-state index is 0.133. The van der Waals surface area contributed by atoms with Gasteiger partial charge in [-0.05, 0) is 44.4 Å². The van der Waals surface area contributed by atoms with Crippen LogP contribution in [-0.4, -0.2) is 8.42 Å². The predicted octanol–water partition coefficient (Wildman–Crippen LogP) is 4.61. The Hall–Kier alpha value is -0.850. The van der Waals surface area contributed by atoms with Crippen molar-refractivity contribution in [1.29, 1.82) is 0 Å². The van der Waals surface area contributed by atoms with Crippen LogP contribution in [0.15, 0.2) is 44.4 Å². The number of para-hydroxylation sites is 1. The summed E-state index contributed by atoms with van der Waals surface area (Å²) in [6.45, 7) is 6.17. The van der Waals surface area contributed by atoms with Gasteiger partial charge >= 0.3 is 0 Å². The summed E-state index contributed by atoms with van der Waals surface area (Å²) in [4.78, 5) is 0. The summed E-state index contributed by atoms with van der Waals surface area (Å²) < 4.78 is 28.4. The first-order chi connectivity index (χ1) is 9.22. The van der Waals surface area contributed by atoms with E-state index >= 15 is 0 Å². The number of hydrogen-bond acceptors (Lipinski definition) is 3. The zero-order valence-corrected chi connectivity index (χ0v) is 14.7. The molecule has 1 N–H and O–H groups in total. The highest BCUT2D eigenvalue weighted by Crippen LogP contribution is 2.33. The fourth-order valence-corrected chi connectivity index (χ4v) is 5.31. The Morgan fingerprint density at radius 3 is 2.35 bits per heavy atom. The average Bonchev–Trinajstić information content (AvgIpc) is 2.75. The van der Waals surface area contributed by atoms with Gasteiger partial charge in [0.2, 0.25) is 0 Å². The van der Waals surface area contributed by atoms with Gasteiger partial charge in [0.1, 0.15) is 0 Å². The molecule has 1 aromatic carbocycles. The molecule has 2 aromatic rings. The highest BCUT2D eigenvalue weighted by molar-refractivity contribution is 9.10. The van der Waals surface area contributed by atoms with E-state index in [0.29, 0.717) is 14.4 Å². The lowest BCUT2D eigenvalue weighted by molar-refractivity contribution is 0.590. The molecule has 0 atom stereocenters. The molecule has 0 aliphatic carbocycles. The lowest BCUT2D eigenvalue weighted by atomic mass is 9.86. The normalized spacial score (nSPS) is 12.4. The van der Waals surface area contributed by atoms with Crippen molar-refractivity contribution in [1.82, 2.24) is 0 Å². The number of rotatable bonds is 3. The van der Waals surface area contributed by atoms with Crippen molar-refractivity contribution < 1.29 is 8.42 Å². The molecule has 108 valence electrons. The number of nitrogens with one attached hydrogen (secondary N) is 1. The standard InChI is InChI=1S/C14H16BrNO2S2/c1-14(2,3)10-6-4-5-7-12(10)16-20(17,18)13-11(15)8-9-19-13/h4-9,16H,1-3H3. The van der Waals surface area contributed by atoms with E-state index in [0.717, 1.165) is 5.56 Å². The molecule has 1 heterocycles. The van der Waals surface area contributed by atoms with Crippen molar-refractivity contribution in [3.8, 4) is 0 Å². The summed E-state index contributed by atoms with van der Waals surface area (Å²) in [7, 11) is -3.56. The third kappa shape index (κ3) is 3.24. The van der Waals surface area contributed by atoms with Gasteiger partial charge in [0.25, 0.3) is 10.0 Å². The Bertz CT molecular complexity index is 715. The number of benzene rings is 1. The van der Waals surface area contributed by atoms with Crippen LogP contribution in [0.2, 0.25) is 0 Å². The molecule has 0 amide bonds. The van der Waals surface area contributed by atoms with Gasteiger partial charge < -0.3 is 0 Å². The average molecular weight is 374 g/mol. The summed E-state index contributed by atoms with van der Waals surface area (Å²) >= 11 is 4.46. The molecule has 0 saturated carbocycles. The van der Waals surface area contributed by atoms with E-state index < -0.39 is 10.0 Å². The smallest absolute Gasteiger partial charge is 0.272 e. The molecular weight excluding hydrogens is 358 g/mol. The molecule has 0 aliphatic rings. The maximum absolute atomic E-state index is 12.4. The summed E-state index contributed by atoms with van der Waals surface area (Å²) in [6.07, 6.45) is 0. The van der Waals surface area contributed by atoms with Crippen molar-refractivity contribution in [3.05, 3.63) is 45.7 Å². The minimum Gasteiger partial charge on any atom is -0.279 e. The fourth-order valence-electron chi connectivity index (χ4n) is 1.89. The van der Waals surface area contributed by atoms with Crippen LogP contribution >= 0.6 is 27.3 Å². The number of anilines is 1. The molecule has 20 heavy (non-hydrogen) atoms. The predicted molar refractivity (Wildman–Crippen MR) is 88.0 cm³/mol. The Morgan fingerprint density at radius 2 is 1.80 bits per heavy atom. The summed E-state index contributed by atoms with van der Waals surface area (Å²) in [5.74, 6) is 0. The Balaban J connectivity index is 2.44. The van der Waals surface area contributed by atoms with Gasteiger partial charge in [0.05, 0.1) is 5.69 Å². The first kappa shape index (κ1) is 15.5. The van der Waals surface area contributed by atoms with E-state index in [1.165, 1.54) is 11.3 Å². The molecule has 0 unspecified atom stereocenters. The maximum atomic E-state index is 12.4. The van der Waals surface area contributed by atoms with E-state index in [1.54, 1.807) is 17.5 Å². The first-order valence-corrected chi connectivity index (χ1v) is 9.23. The van der Waals surface area contributed by atoms with Crippen LogP contribution in [0.4, 0.5) is 5.69 Å². The molecule has 0 fully saturated rings. The third-order valence-electron chi connectivity index (χ3n) is 2.81. The summed E-state index contributed by atoms with van der Waals surface area (Å²) in [5.41, 5.74) is 1.46. The molecule has 6 heteroatoms. The molecule has 2 rings (SSSR count). The largest absolute Gasteiger partial charge is 0.279 e. The van der Waals surface area contributed by atoms with Crippen LogP contribution in [-0.2, 0) is 15.4 Å². The molecule has 3 nitrogen and oxygen atoms in total. The number of thiophene rings is 1. The molecule has 0 spiro atoms. The minimum atomic E-state index is -3.56. The van der Waals surface area contributed by atoms with Gasteiger partial charge in [-0.25, -0.2) is 8.42 Å². The highest BCUT2D eigenvalue weighted by Gasteiger charge is 2.23. The van der Waals surface area contributed by atoms with Crippen LogP contribution < -0.4 is 4.72 Å². The van der Waals surface area contributed by atoms with E-state index in [1.807, 2.05) is 18.2 Å². The van der Waals surface area contributed by atoms with Crippen molar-refractivity contribution >= 4 is 43.0 Å². The van der Waals surface area contributed by atoms with Crippen molar-refractivity contribution in [3.63, 3.8) is 0 Å². The lowest BCUT2D eigenvalue weighted by Crippen LogP contribution is -2.18. The number of sulfonamides is 1. The zero-order chi connectivity index (χ0) is 15.0. The van der Waals surface area contributed by atoms with E-state index in [9.17, 15) is 8.42 Å². The first-order valence-electron chi connectivity index (χ1n) is 6.07. The summed E-state index contributed by atoms with van der Waals surface area (Å²) in [6, 6.07) is 9.21. The molecular formula is C14H16BrNO2S2. The number of halogens is 1. The molecule has 0 saturated heterocycles. The molecule has 0 radical (unpaired) electrons. The topological polar surface area (TPSA) is 46.2 Å². The number of hydrogen-bond donors (Lipinski definition) is 1. The van der Waals surface area contributed by atoms with Crippen molar-refractivity contribution in [2.75, 3.05) is 4.72 Å². The fraction of sp³-hybridized carbons (Fsp3) is 0.286. The Morgan fingerprint density at radius 1 is 1.15 bits per heavy atom.